The predicted octanol–water partition coefficient (Wildman–Crippen LogP) is 1.23. The Morgan fingerprint density at radius 2 is 2.19 bits per heavy atom. The summed E-state index contributed by atoms with van der Waals surface area (Å²) in [5.41, 5.74) is 0.720. The van der Waals surface area contributed by atoms with Crippen LogP contribution in [-0.2, 0) is 0 Å². The Bertz CT molecular complexity index is 418. The van der Waals surface area contributed by atoms with E-state index in [1.165, 1.54) is 6.07 Å². The quantitative estimate of drug-likeness (QED) is 0.745. The van der Waals surface area contributed by atoms with Gasteiger partial charge in [-0.05, 0) is 19.0 Å². The van der Waals surface area contributed by atoms with Crippen molar-refractivity contribution < 1.29 is 4.39 Å². The molecule has 16 heavy (non-hydrogen) atoms. The third-order valence-corrected chi connectivity index (χ3v) is 3.35. The number of rotatable bonds is 1. The summed E-state index contributed by atoms with van der Waals surface area (Å²) >= 11 is 0. The van der Waals surface area contributed by atoms with Gasteiger partial charge in [0.25, 0.3) is 0 Å². The van der Waals surface area contributed by atoms with E-state index >= 15 is 0 Å². The highest BCUT2D eigenvalue weighted by molar-refractivity contribution is 5.59. The van der Waals surface area contributed by atoms with Crippen molar-refractivity contribution in [2.75, 3.05) is 6.54 Å². The highest BCUT2D eigenvalue weighted by atomic mass is 19.1. The highest BCUT2D eigenvalue weighted by Gasteiger charge is 2.36. The van der Waals surface area contributed by atoms with Gasteiger partial charge in [0, 0.05) is 5.56 Å². The van der Waals surface area contributed by atoms with Crippen LogP contribution in [0.15, 0.2) is 29.3 Å². The zero-order chi connectivity index (χ0) is 11.0. The summed E-state index contributed by atoms with van der Waals surface area (Å²) in [6.45, 7) is 0.899. The van der Waals surface area contributed by atoms with Gasteiger partial charge in [-0.25, -0.2) is 4.39 Å². The van der Waals surface area contributed by atoms with Gasteiger partial charge in [-0.1, -0.05) is 18.2 Å². The fourth-order valence-electron chi connectivity index (χ4n) is 2.54. The largest absolute Gasteiger partial charge is 0.371 e. The number of benzene rings is 1. The highest BCUT2D eigenvalue weighted by Crippen LogP contribution is 2.29. The van der Waals surface area contributed by atoms with Crippen molar-refractivity contribution in [3.8, 4) is 0 Å². The number of fused-ring (bicyclic) bond motifs is 1. The Kier molecular flexibility index (Phi) is 2.36. The van der Waals surface area contributed by atoms with Gasteiger partial charge >= 0.3 is 0 Å². The maximum atomic E-state index is 13.7. The third-order valence-electron chi connectivity index (χ3n) is 3.35. The molecule has 84 valence electrons. The van der Waals surface area contributed by atoms with Crippen LogP contribution in [0.3, 0.4) is 0 Å². The molecule has 1 fully saturated rings. The average molecular weight is 219 g/mol. The second kappa shape index (κ2) is 3.87. The van der Waals surface area contributed by atoms with E-state index < -0.39 is 0 Å². The van der Waals surface area contributed by atoms with E-state index in [0.717, 1.165) is 18.5 Å². The lowest BCUT2D eigenvalue weighted by Gasteiger charge is -2.33. The van der Waals surface area contributed by atoms with Crippen LogP contribution in [-0.4, -0.2) is 25.0 Å². The first-order valence-corrected chi connectivity index (χ1v) is 5.62. The minimum absolute atomic E-state index is 0.00815. The van der Waals surface area contributed by atoms with Crippen molar-refractivity contribution in [1.82, 2.24) is 10.6 Å². The van der Waals surface area contributed by atoms with Gasteiger partial charge in [0.05, 0.1) is 24.5 Å². The van der Waals surface area contributed by atoms with Crippen LogP contribution < -0.4 is 10.6 Å². The Morgan fingerprint density at radius 1 is 1.31 bits per heavy atom. The Morgan fingerprint density at radius 3 is 3.06 bits per heavy atom. The maximum absolute atomic E-state index is 13.7. The van der Waals surface area contributed by atoms with Crippen molar-refractivity contribution in [3.63, 3.8) is 0 Å². The Hall–Kier alpha value is -1.42. The molecule has 0 saturated carbocycles. The average Bonchev–Trinajstić information content (AvgIpc) is 2.77. The lowest BCUT2D eigenvalue weighted by Crippen LogP contribution is -2.48. The molecule has 0 aliphatic carbocycles. The molecule has 0 bridgehead atoms. The van der Waals surface area contributed by atoms with E-state index in [4.69, 9.17) is 0 Å². The zero-order valence-electron chi connectivity index (χ0n) is 8.86. The van der Waals surface area contributed by atoms with Gasteiger partial charge in [-0.2, -0.15) is 0 Å². The van der Waals surface area contributed by atoms with Crippen LogP contribution >= 0.6 is 0 Å². The van der Waals surface area contributed by atoms with Crippen LogP contribution in [0.5, 0.6) is 0 Å². The zero-order valence-corrected chi connectivity index (χ0v) is 8.86. The number of nitrogens with zero attached hydrogens (tertiary/aromatic N) is 1. The lowest BCUT2D eigenvalue weighted by atomic mass is 9.89. The molecule has 3 rings (SSSR count). The SMILES string of the molecule is Fc1ccccc1[C@H]1NCC[C@H]2NC=N[C@@H]12. The molecule has 1 saturated heterocycles. The molecule has 4 heteroatoms. The van der Waals surface area contributed by atoms with Crippen molar-refractivity contribution in [2.24, 2.45) is 4.99 Å². The summed E-state index contributed by atoms with van der Waals surface area (Å²) in [6.07, 6.45) is 2.78. The van der Waals surface area contributed by atoms with E-state index in [-0.39, 0.29) is 17.9 Å². The van der Waals surface area contributed by atoms with Crippen LogP contribution in [0.4, 0.5) is 4.39 Å². The minimum Gasteiger partial charge on any atom is -0.371 e. The lowest BCUT2D eigenvalue weighted by molar-refractivity contribution is 0.314. The molecule has 2 aliphatic heterocycles. The van der Waals surface area contributed by atoms with Gasteiger partial charge < -0.3 is 10.6 Å². The minimum atomic E-state index is -0.150. The van der Waals surface area contributed by atoms with Gasteiger partial charge in [0.2, 0.25) is 0 Å². The molecule has 2 N–H and O–H groups in total. The Balaban J connectivity index is 1.94. The van der Waals surface area contributed by atoms with Crippen molar-refractivity contribution in [1.29, 1.82) is 0 Å². The first-order chi connectivity index (χ1) is 7.86. The summed E-state index contributed by atoms with van der Waals surface area (Å²) in [5, 5.41) is 6.58. The molecule has 0 spiro atoms. The molecular weight excluding hydrogens is 205 g/mol. The number of aliphatic imine (C=N–C) groups is 1. The molecule has 0 aromatic heterocycles. The van der Waals surface area contributed by atoms with Crippen molar-refractivity contribution in [2.45, 2.75) is 24.5 Å². The molecule has 1 aromatic carbocycles. The summed E-state index contributed by atoms with van der Waals surface area (Å²) in [4.78, 5) is 4.39. The predicted molar refractivity (Wildman–Crippen MR) is 61.0 cm³/mol. The molecule has 0 amide bonds. The summed E-state index contributed by atoms with van der Waals surface area (Å²) < 4.78 is 13.7. The summed E-state index contributed by atoms with van der Waals surface area (Å²) in [6, 6.07) is 7.39. The van der Waals surface area contributed by atoms with Gasteiger partial charge in [-0.3, -0.25) is 4.99 Å². The first kappa shape index (κ1) is 9.78. The number of hydrogen-bond donors (Lipinski definition) is 2. The van der Waals surface area contributed by atoms with E-state index in [1.807, 2.05) is 12.1 Å². The number of nitrogens with one attached hydrogen (secondary N) is 2. The topological polar surface area (TPSA) is 36.4 Å². The van der Waals surface area contributed by atoms with E-state index in [2.05, 4.69) is 15.6 Å². The van der Waals surface area contributed by atoms with Crippen molar-refractivity contribution >= 4 is 6.34 Å². The van der Waals surface area contributed by atoms with Crippen LogP contribution in [0.2, 0.25) is 0 Å². The molecular formula is C12H14FN3. The molecule has 2 heterocycles. The van der Waals surface area contributed by atoms with E-state index in [1.54, 1.807) is 12.4 Å². The summed E-state index contributed by atoms with van der Waals surface area (Å²) in [7, 11) is 0. The van der Waals surface area contributed by atoms with E-state index in [0.29, 0.717) is 6.04 Å². The standard InChI is InChI=1S/C12H14FN3/c13-9-4-2-1-3-8(9)11-12-10(5-6-14-11)15-7-16-12/h1-4,7,10-12,14H,5-6H2,(H,15,16)/t10-,11-,12-/m1/s1. The fourth-order valence-corrected chi connectivity index (χ4v) is 2.54. The first-order valence-electron chi connectivity index (χ1n) is 5.62. The number of hydrogen-bond acceptors (Lipinski definition) is 3. The van der Waals surface area contributed by atoms with Crippen LogP contribution in [0.1, 0.15) is 18.0 Å². The van der Waals surface area contributed by atoms with E-state index in [9.17, 15) is 4.39 Å². The fraction of sp³-hybridized carbons (Fsp3) is 0.417. The summed E-state index contributed by atoms with van der Waals surface area (Å²) in [5.74, 6) is -0.150. The second-order valence-electron chi connectivity index (χ2n) is 4.28. The Labute approximate surface area is 93.8 Å². The smallest absolute Gasteiger partial charge is 0.128 e. The van der Waals surface area contributed by atoms with Gasteiger partial charge in [0.15, 0.2) is 0 Å². The molecule has 1 aromatic rings. The molecule has 3 nitrogen and oxygen atoms in total. The maximum Gasteiger partial charge on any atom is 0.128 e. The molecule has 0 unspecified atom stereocenters. The third kappa shape index (κ3) is 1.50. The van der Waals surface area contributed by atoms with Crippen molar-refractivity contribution in [3.05, 3.63) is 35.6 Å². The monoisotopic (exact) mass is 219 g/mol. The van der Waals surface area contributed by atoms with Crippen LogP contribution in [0, 0.1) is 5.82 Å². The van der Waals surface area contributed by atoms with Gasteiger partial charge in [-0.15, -0.1) is 0 Å². The molecule has 0 radical (unpaired) electrons. The molecule has 3 atom stereocenters. The normalized spacial score (nSPS) is 32.2. The number of piperidine rings is 1. The van der Waals surface area contributed by atoms with Crippen LogP contribution in [0.25, 0.3) is 0 Å². The second-order valence-corrected chi connectivity index (χ2v) is 4.28. The number of halogens is 1. The molecule has 2 aliphatic rings. The van der Waals surface area contributed by atoms with Gasteiger partial charge in [0.1, 0.15) is 5.82 Å².